The highest BCUT2D eigenvalue weighted by Gasteiger charge is 2.33. The maximum atomic E-state index is 12.7. The number of amides is 1. The summed E-state index contributed by atoms with van der Waals surface area (Å²) in [6, 6.07) is 7.27. The summed E-state index contributed by atoms with van der Waals surface area (Å²) in [4.78, 5) is 14.4. The smallest absolute Gasteiger partial charge is 0.244 e. The van der Waals surface area contributed by atoms with Crippen molar-refractivity contribution in [3.05, 3.63) is 40.9 Å². The van der Waals surface area contributed by atoms with Crippen molar-refractivity contribution < 1.29 is 4.79 Å². The number of aromatic nitrogens is 3. The number of aryl methyl sites for hydroxylation is 1. The molecular weight excluding hydrogens is 326 g/mol. The second-order valence-corrected chi connectivity index (χ2v) is 6.71. The zero-order valence-corrected chi connectivity index (χ0v) is 14.2. The van der Waals surface area contributed by atoms with Crippen LogP contribution in [0, 0.1) is 0 Å². The van der Waals surface area contributed by atoms with Crippen molar-refractivity contribution in [2.45, 2.75) is 44.8 Å². The van der Waals surface area contributed by atoms with Crippen LogP contribution in [-0.2, 0) is 24.3 Å². The molecule has 1 aromatic heterocycles. The van der Waals surface area contributed by atoms with E-state index in [0.717, 1.165) is 36.7 Å². The molecule has 0 radical (unpaired) electrons. The van der Waals surface area contributed by atoms with Gasteiger partial charge < -0.3 is 9.47 Å². The first-order chi connectivity index (χ1) is 11.7. The molecule has 1 atom stereocenters. The van der Waals surface area contributed by atoms with Gasteiger partial charge in [-0.1, -0.05) is 23.7 Å². The maximum Gasteiger partial charge on any atom is 0.244 e. The Labute approximate surface area is 145 Å². The lowest BCUT2D eigenvalue weighted by molar-refractivity contribution is -0.118. The van der Waals surface area contributed by atoms with Crippen molar-refractivity contribution in [2.75, 3.05) is 11.4 Å². The van der Waals surface area contributed by atoms with Gasteiger partial charge in [0.15, 0.2) is 0 Å². The number of rotatable bonds is 4. The number of benzene rings is 1. The predicted molar refractivity (Wildman–Crippen MR) is 92.0 cm³/mol. The number of carbonyl (C=O) groups excluding carboxylic acids is 1. The van der Waals surface area contributed by atoms with E-state index >= 15 is 0 Å². The van der Waals surface area contributed by atoms with Gasteiger partial charge in [0.1, 0.15) is 11.6 Å². The van der Waals surface area contributed by atoms with Gasteiger partial charge in [-0.2, -0.15) is 0 Å². The Morgan fingerprint density at radius 1 is 1.21 bits per heavy atom. The molecule has 7 heteroatoms. The first-order valence-corrected chi connectivity index (χ1v) is 8.82. The van der Waals surface area contributed by atoms with Gasteiger partial charge in [-0.3, -0.25) is 10.1 Å². The van der Waals surface area contributed by atoms with Crippen LogP contribution in [0.5, 0.6) is 0 Å². The molecule has 0 spiro atoms. The van der Waals surface area contributed by atoms with Crippen LogP contribution in [0.3, 0.4) is 0 Å². The number of para-hydroxylation sites is 1. The third-order valence-corrected chi connectivity index (χ3v) is 5.11. The molecule has 0 unspecified atom stereocenters. The Morgan fingerprint density at radius 3 is 2.96 bits per heavy atom. The van der Waals surface area contributed by atoms with E-state index in [1.807, 2.05) is 24.3 Å². The fraction of sp³-hybridized carbons (Fsp3) is 0.471. The van der Waals surface area contributed by atoms with E-state index in [1.54, 1.807) is 4.90 Å². The lowest BCUT2D eigenvalue weighted by Gasteiger charge is -2.19. The molecule has 2 aliphatic rings. The molecule has 0 bridgehead atoms. The number of nitrogens with one attached hydrogen (secondary N) is 1. The second-order valence-electron chi connectivity index (χ2n) is 6.30. The number of nitrogens with zero attached hydrogens (tertiary/aromatic N) is 4. The fourth-order valence-corrected chi connectivity index (χ4v) is 3.73. The minimum Gasteiger partial charge on any atom is -0.314 e. The van der Waals surface area contributed by atoms with Crippen molar-refractivity contribution in [3.63, 3.8) is 0 Å². The molecule has 24 heavy (non-hydrogen) atoms. The highest BCUT2D eigenvalue weighted by molar-refractivity contribution is 6.33. The summed E-state index contributed by atoms with van der Waals surface area (Å²) in [7, 11) is 0. The normalized spacial score (nSPS) is 20.5. The first-order valence-electron chi connectivity index (χ1n) is 8.44. The Balaban J connectivity index is 1.42. The molecule has 2 aliphatic heterocycles. The zero-order chi connectivity index (χ0) is 16.5. The Hall–Kier alpha value is -1.92. The number of hydrogen-bond donors (Lipinski definition) is 1. The van der Waals surface area contributed by atoms with Gasteiger partial charge in [-0.25, -0.2) is 0 Å². The van der Waals surface area contributed by atoms with Crippen molar-refractivity contribution in [3.8, 4) is 0 Å². The van der Waals surface area contributed by atoms with E-state index in [0.29, 0.717) is 18.1 Å². The van der Waals surface area contributed by atoms with Crippen LogP contribution >= 0.6 is 11.6 Å². The largest absolute Gasteiger partial charge is 0.314 e. The monoisotopic (exact) mass is 345 g/mol. The van der Waals surface area contributed by atoms with Gasteiger partial charge in [-0.05, 0) is 31.4 Å². The van der Waals surface area contributed by atoms with Crippen LogP contribution in [0.4, 0.5) is 5.69 Å². The lowest BCUT2D eigenvalue weighted by atomic mass is 10.1. The average Bonchev–Trinajstić information content (AvgIpc) is 3.17. The van der Waals surface area contributed by atoms with Crippen molar-refractivity contribution >= 4 is 23.2 Å². The van der Waals surface area contributed by atoms with Crippen LogP contribution in [0.25, 0.3) is 0 Å². The molecule has 126 valence electrons. The number of fused-ring (bicyclic) bond motifs is 1. The summed E-state index contributed by atoms with van der Waals surface area (Å²) >= 11 is 6.22. The molecule has 2 aromatic rings. The zero-order valence-electron chi connectivity index (χ0n) is 13.4. The third kappa shape index (κ3) is 2.80. The third-order valence-electron chi connectivity index (χ3n) is 4.79. The Morgan fingerprint density at radius 2 is 2.08 bits per heavy atom. The molecule has 1 fully saturated rings. The second kappa shape index (κ2) is 6.53. The predicted octanol–water partition coefficient (Wildman–Crippen LogP) is 2.16. The van der Waals surface area contributed by atoms with Crippen LogP contribution in [0.2, 0.25) is 5.02 Å². The summed E-state index contributed by atoms with van der Waals surface area (Å²) < 4.78 is 2.18. The Kier molecular flexibility index (Phi) is 4.24. The maximum absolute atomic E-state index is 12.7. The molecule has 0 saturated carbocycles. The quantitative estimate of drug-likeness (QED) is 0.922. The van der Waals surface area contributed by atoms with Gasteiger partial charge in [0.25, 0.3) is 0 Å². The molecule has 3 heterocycles. The van der Waals surface area contributed by atoms with Gasteiger partial charge in [0.05, 0.1) is 23.3 Å². The van der Waals surface area contributed by atoms with Crippen LogP contribution < -0.4 is 10.2 Å². The van der Waals surface area contributed by atoms with Crippen LogP contribution in [0.1, 0.15) is 30.9 Å². The minimum absolute atomic E-state index is 0.0708. The summed E-state index contributed by atoms with van der Waals surface area (Å²) in [6.07, 6.45) is 4.11. The van der Waals surface area contributed by atoms with Crippen molar-refractivity contribution in [1.82, 2.24) is 20.1 Å². The van der Waals surface area contributed by atoms with E-state index in [-0.39, 0.29) is 11.9 Å². The molecule has 6 nitrogen and oxygen atoms in total. The molecule has 4 rings (SSSR count). The van der Waals surface area contributed by atoms with E-state index < -0.39 is 0 Å². The van der Waals surface area contributed by atoms with Gasteiger partial charge in [-0.15, -0.1) is 10.2 Å². The van der Waals surface area contributed by atoms with Crippen LogP contribution in [-0.4, -0.2) is 33.3 Å². The van der Waals surface area contributed by atoms with Crippen LogP contribution in [0.15, 0.2) is 24.3 Å². The number of hydrogen-bond acceptors (Lipinski definition) is 4. The highest BCUT2D eigenvalue weighted by Crippen LogP contribution is 2.29. The topological polar surface area (TPSA) is 63.1 Å². The highest BCUT2D eigenvalue weighted by atomic mass is 35.5. The number of halogens is 1. The minimum atomic E-state index is -0.196. The van der Waals surface area contributed by atoms with E-state index in [2.05, 4.69) is 20.1 Å². The number of carbonyl (C=O) groups is 1. The van der Waals surface area contributed by atoms with E-state index in [4.69, 9.17) is 11.6 Å². The number of anilines is 1. The Bertz CT molecular complexity index is 759. The molecule has 1 saturated heterocycles. The fourth-order valence-electron chi connectivity index (χ4n) is 3.49. The van der Waals surface area contributed by atoms with Gasteiger partial charge in [0.2, 0.25) is 5.91 Å². The van der Waals surface area contributed by atoms with Gasteiger partial charge >= 0.3 is 0 Å². The van der Waals surface area contributed by atoms with Crippen molar-refractivity contribution in [1.29, 1.82) is 0 Å². The molecule has 1 amide bonds. The molecule has 1 aromatic carbocycles. The average molecular weight is 346 g/mol. The molecule has 0 aliphatic carbocycles. The van der Waals surface area contributed by atoms with E-state index in [1.165, 1.54) is 12.8 Å². The SMILES string of the molecule is O=C1[C@H](NCc2nnc3n2CCCC3)CCN1c1ccccc1Cl. The molecular formula is C17H20ClN5O. The summed E-state index contributed by atoms with van der Waals surface area (Å²) in [6.45, 7) is 2.22. The standard InChI is InChI=1S/C17H20ClN5O/c18-12-5-1-2-6-14(12)22-10-8-13(17(22)24)19-11-16-21-20-15-7-3-4-9-23(15)16/h1-2,5-6,13,19H,3-4,7-11H2/t13-/m1/s1. The summed E-state index contributed by atoms with van der Waals surface area (Å²) in [5.41, 5.74) is 0.785. The van der Waals surface area contributed by atoms with E-state index in [9.17, 15) is 4.79 Å². The van der Waals surface area contributed by atoms with Crippen molar-refractivity contribution in [2.24, 2.45) is 0 Å². The lowest BCUT2D eigenvalue weighted by Crippen LogP contribution is -2.38. The summed E-state index contributed by atoms with van der Waals surface area (Å²) in [5, 5.41) is 12.5. The van der Waals surface area contributed by atoms with Gasteiger partial charge in [0, 0.05) is 19.5 Å². The molecule has 1 N–H and O–H groups in total. The summed E-state index contributed by atoms with van der Waals surface area (Å²) in [5.74, 6) is 2.06. The first kappa shape index (κ1) is 15.6.